The highest BCUT2D eigenvalue weighted by atomic mass is 32.1. The summed E-state index contributed by atoms with van der Waals surface area (Å²) in [5.41, 5.74) is 6.10. The lowest BCUT2D eigenvalue weighted by molar-refractivity contribution is -0.125. The van der Waals surface area contributed by atoms with Crippen molar-refractivity contribution in [2.24, 2.45) is 5.92 Å². The SMILES string of the molecule is Cc1cccc(-n2c(N3CCC[C@H](C(=O)NCc4ccc(C)c(C)c4)C3)nc3ccsc3c2=O)c1. The number of aryl methyl sites for hydroxylation is 3. The third kappa shape index (κ3) is 4.73. The maximum absolute atomic E-state index is 13.5. The van der Waals surface area contributed by atoms with Gasteiger partial charge in [-0.2, -0.15) is 0 Å². The zero-order chi connectivity index (χ0) is 24.5. The number of amides is 1. The molecule has 0 spiro atoms. The molecule has 0 bridgehead atoms. The number of thiophene rings is 1. The number of nitrogens with zero attached hydrogens (tertiary/aromatic N) is 3. The van der Waals surface area contributed by atoms with E-state index >= 15 is 0 Å². The van der Waals surface area contributed by atoms with E-state index in [1.807, 2.05) is 42.6 Å². The highest BCUT2D eigenvalue weighted by Gasteiger charge is 2.29. The summed E-state index contributed by atoms with van der Waals surface area (Å²) in [5, 5.41) is 5.03. The summed E-state index contributed by atoms with van der Waals surface area (Å²) >= 11 is 1.42. The van der Waals surface area contributed by atoms with Gasteiger partial charge in [0, 0.05) is 19.6 Å². The average Bonchev–Trinajstić information content (AvgIpc) is 3.34. The molecule has 1 amide bonds. The molecule has 1 N–H and O–H groups in total. The van der Waals surface area contributed by atoms with Gasteiger partial charge in [0.2, 0.25) is 11.9 Å². The Morgan fingerprint density at radius 1 is 1.11 bits per heavy atom. The van der Waals surface area contributed by atoms with Crippen LogP contribution >= 0.6 is 11.3 Å². The number of hydrogen-bond acceptors (Lipinski definition) is 5. The van der Waals surface area contributed by atoms with Crippen LogP contribution in [0.3, 0.4) is 0 Å². The monoisotopic (exact) mass is 486 g/mol. The van der Waals surface area contributed by atoms with Gasteiger partial charge in [-0.3, -0.25) is 9.59 Å². The van der Waals surface area contributed by atoms with Crippen molar-refractivity contribution in [3.63, 3.8) is 0 Å². The molecular formula is C28H30N4O2S. The number of piperidine rings is 1. The Morgan fingerprint density at radius 3 is 2.77 bits per heavy atom. The Morgan fingerprint density at radius 2 is 1.97 bits per heavy atom. The summed E-state index contributed by atoms with van der Waals surface area (Å²) in [6, 6.07) is 16.1. The molecule has 35 heavy (non-hydrogen) atoms. The van der Waals surface area contributed by atoms with Gasteiger partial charge in [-0.15, -0.1) is 11.3 Å². The van der Waals surface area contributed by atoms with Crippen molar-refractivity contribution in [2.45, 2.75) is 40.2 Å². The molecule has 0 radical (unpaired) electrons. The van der Waals surface area contributed by atoms with E-state index in [0.29, 0.717) is 29.3 Å². The third-order valence-corrected chi connectivity index (χ3v) is 7.73. The summed E-state index contributed by atoms with van der Waals surface area (Å²) < 4.78 is 2.36. The standard InChI is InChI=1S/C28H30N4O2S/c1-18-6-4-8-23(14-18)32-27(34)25-24(11-13-35-25)30-28(32)31-12-5-7-22(17-31)26(33)29-16-21-10-9-19(2)20(3)15-21/h4,6,8-11,13-15,22H,5,7,12,16-17H2,1-3H3,(H,29,33)/t22-/m0/s1. The number of aromatic nitrogens is 2. The summed E-state index contributed by atoms with van der Waals surface area (Å²) in [6.45, 7) is 8.00. The predicted octanol–water partition coefficient (Wildman–Crippen LogP) is 4.91. The Labute approximate surface area is 209 Å². The number of fused-ring (bicyclic) bond motifs is 1. The number of nitrogens with one attached hydrogen (secondary N) is 1. The predicted molar refractivity (Wildman–Crippen MR) is 143 cm³/mol. The van der Waals surface area contributed by atoms with Crippen LogP contribution < -0.4 is 15.8 Å². The maximum Gasteiger partial charge on any atom is 0.277 e. The molecule has 4 aromatic rings. The maximum atomic E-state index is 13.5. The van der Waals surface area contributed by atoms with Gasteiger partial charge >= 0.3 is 0 Å². The zero-order valence-corrected chi connectivity index (χ0v) is 21.2. The average molecular weight is 487 g/mol. The molecule has 1 atom stereocenters. The largest absolute Gasteiger partial charge is 0.352 e. The minimum absolute atomic E-state index is 0.0500. The van der Waals surface area contributed by atoms with Crippen molar-refractivity contribution >= 4 is 33.4 Å². The van der Waals surface area contributed by atoms with E-state index in [1.54, 1.807) is 4.57 Å². The molecule has 6 nitrogen and oxygen atoms in total. The molecule has 1 aliphatic rings. The van der Waals surface area contributed by atoms with E-state index in [0.717, 1.165) is 36.2 Å². The first-order chi connectivity index (χ1) is 16.9. The molecule has 1 saturated heterocycles. The van der Waals surface area contributed by atoms with Crippen LogP contribution in [0.15, 0.2) is 58.7 Å². The van der Waals surface area contributed by atoms with Gasteiger partial charge in [0.1, 0.15) is 4.70 Å². The zero-order valence-electron chi connectivity index (χ0n) is 20.4. The summed E-state index contributed by atoms with van der Waals surface area (Å²) in [6.07, 6.45) is 1.69. The van der Waals surface area contributed by atoms with E-state index in [9.17, 15) is 9.59 Å². The summed E-state index contributed by atoms with van der Waals surface area (Å²) in [7, 11) is 0. The molecule has 0 aliphatic carbocycles. The van der Waals surface area contributed by atoms with Crippen molar-refractivity contribution in [3.05, 3.63) is 86.5 Å². The van der Waals surface area contributed by atoms with Crippen molar-refractivity contribution in [1.29, 1.82) is 0 Å². The molecule has 0 unspecified atom stereocenters. The number of carbonyl (C=O) groups excluding carboxylic acids is 1. The highest BCUT2D eigenvalue weighted by Crippen LogP contribution is 2.27. The topological polar surface area (TPSA) is 67.2 Å². The summed E-state index contributed by atoms with van der Waals surface area (Å²) in [5.74, 6) is 0.503. The Hall–Kier alpha value is -3.45. The molecule has 2 aromatic heterocycles. The molecule has 3 heterocycles. The van der Waals surface area contributed by atoms with Crippen molar-refractivity contribution in [3.8, 4) is 5.69 Å². The van der Waals surface area contributed by atoms with E-state index in [1.165, 1.54) is 22.5 Å². The molecule has 5 rings (SSSR count). The number of carbonyl (C=O) groups is 1. The molecule has 1 aliphatic heterocycles. The molecule has 2 aromatic carbocycles. The number of benzene rings is 2. The smallest absolute Gasteiger partial charge is 0.277 e. The molecular weight excluding hydrogens is 456 g/mol. The van der Waals surface area contributed by atoms with Crippen molar-refractivity contribution in [2.75, 3.05) is 18.0 Å². The van der Waals surface area contributed by atoms with Crippen molar-refractivity contribution < 1.29 is 4.79 Å². The quantitative estimate of drug-likeness (QED) is 0.436. The Bertz CT molecular complexity index is 1460. The normalized spacial score (nSPS) is 16.0. The van der Waals surface area contributed by atoms with Gasteiger partial charge in [0.15, 0.2) is 0 Å². The number of anilines is 1. The fourth-order valence-electron chi connectivity index (χ4n) is 4.73. The van der Waals surface area contributed by atoms with E-state index < -0.39 is 0 Å². The molecule has 0 saturated carbocycles. The minimum atomic E-state index is -0.156. The second-order valence-corrected chi connectivity index (χ2v) is 10.4. The van der Waals surface area contributed by atoms with Crippen molar-refractivity contribution in [1.82, 2.24) is 14.9 Å². The molecule has 1 fully saturated rings. The fraction of sp³-hybridized carbons (Fsp3) is 0.321. The van der Waals surface area contributed by atoms with Crippen LogP contribution in [0.25, 0.3) is 15.9 Å². The van der Waals surface area contributed by atoms with E-state index in [-0.39, 0.29) is 17.4 Å². The van der Waals surface area contributed by atoms with Gasteiger partial charge < -0.3 is 10.2 Å². The lowest BCUT2D eigenvalue weighted by Gasteiger charge is -2.34. The van der Waals surface area contributed by atoms with Crippen LogP contribution in [-0.2, 0) is 11.3 Å². The first-order valence-electron chi connectivity index (χ1n) is 12.1. The first kappa shape index (κ1) is 23.3. The van der Waals surface area contributed by atoms with Gasteiger partial charge in [-0.05, 0) is 79.4 Å². The van der Waals surface area contributed by atoms with Gasteiger partial charge in [0.25, 0.3) is 5.56 Å². The highest BCUT2D eigenvalue weighted by molar-refractivity contribution is 7.17. The molecule has 180 valence electrons. The second-order valence-electron chi connectivity index (χ2n) is 9.45. The van der Waals surface area contributed by atoms with Crippen LogP contribution in [0.1, 0.15) is 35.1 Å². The van der Waals surface area contributed by atoms with Crippen LogP contribution in [0.5, 0.6) is 0 Å². The van der Waals surface area contributed by atoms with Gasteiger partial charge in [-0.1, -0.05) is 30.3 Å². The lowest BCUT2D eigenvalue weighted by Crippen LogP contribution is -2.45. The van der Waals surface area contributed by atoms with Crippen LogP contribution in [0.4, 0.5) is 5.95 Å². The van der Waals surface area contributed by atoms with Crippen LogP contribution in [0, 0.1) is 26.7 Å². The Kier molecular flexibility index (Phi) is 6.43. The Balaban J connectivity index is 1.42. The number of rotatable bonds is 5. The second kappa shape index (κ2) is 9.66. The molecule has 7 heteroatoms. The van der Waals surface area contributed by atoms with Gasteiger partial charge in [0.05, 0.1) is 17.1 Å². The van der Waals surface area contributed by atoms with E-state index in [4.69, 9.17) is 4.98 Å². The third-order valence-electron chi connectivity index (χ3n) is 6.84. The lowest BCUT2D eigenvalue weighted by atomic mass is 9.97. The fourth-order valence-corrected chi connectivity index (χ4v) is 5.49. The van der Waals surface area contributed by atoms with E-state index in [2.05, 4.69) is 42.3 Å². The van der Waals surface area contributed by atoms with Crippen LogP contribution in [0.2, 0.25) is 0 Å². The minimum Gasteiger partial charge on any atom is -0.352 e. The first-order valence-corrected chi connectivity index (χ1v) is 12.9. The van der Waals surface area contributed by atoms with Crippen LogP contribution in [-0.4, -0.2) is 28.5 Å². The summed E-state index contributed by atoms with van der Waals surface area (Å²) in [4.78, 5) is 33.6. The number of hydrogen-bond donors (Lipinski definition) is 1. The van der Waals surface area contributed by atoms with Gasteiger partial charge in [-0.25, -0.2) is 9.55 Å².